The van der Waals surface area contributed by atoms with E-state index in [1.165, 1.54) is 18.2 Å². The van der Waals surface area contributed by atoms with Crippen molar-refractivity contribution in [2.75, 3.05) is 33.0 Å². The fraction of sp³-hybridized carbons (Fsp3) is 0.500. The average molecular weight is 322 g/mol. The maximum absolute atomic E-state index is 12.1. The fourth-order valence-corrected chi connectivity index (χ4v) is 1.92. The molecule has 2 saturated heterocycles. The van der Waals surface area contributed by atoms with Crippen LogP contribution >= 0.6 is 0 Å². The number of carbonyl (C=O) groups excluding carboxylic acids is 2. The Balaban J connectivity index is 1.67. The third kappa shape index (κ3) is 4.43. The molecule has 2 atom stereocenters. The smallest absolute Gasteiger partial charge is 0.342 e. The zero-order valence-corrected chi connectivity index (χ0v) is 12.8. The van der Waals surface area contributed by atoms with Crippen molar-refractivity contribution in [3.8, 4) is 5.75 Å². The van der Waals surface area contributed by atoms with Crippen LogP contribution < -0.4 is 4.74 Å². The summed E-state index contributed by atoms with van der Waals surface area (Å²) in [6.07, 6.45) is -0.00223. The molecule has 0 aromatic heterocycles. The average Bonchev–Trinajstić information content (AvgIpc) is 3.45. The number of esters is 2. The van der Waals surface area contributed by atoms with E-state index in [4.69, 9.17) is 23.7 Å². The van der Waals surface area contributed by atoms with Gasteiger partial charge < -0.3 is 23.7 Å². The molecule has 2 aliphatic heterocycles. The molecule has 0 radical (unpaired) electrons. The van der Waals surface area contributed by atoms with Crippen molar-refractivity contribution in [1.82, 2.24) is 0 Å². The summed E-state index contributed by atoms with van der Waals surface area (Å²) in [4.78, 5) is 24.1. The van der Waals surface area contributed by atoms with Crippen molar-refractivity contribution in [2.45, 2.75) is 19.1 Å². The molecule has 2 fully saturated rings. The van der Waals surface area contributed by atoms with Gasteiger partial charge in [-0.15, -0.1) is 0 Å². The molecule has 0 aliphatic carbocycles. The van der Waals surface area contributed by atoms with Crippen LogP contribution in [0.15, 0.2) is 18.2 Å². The minimum atomic E-state index is -0.504. The van der Waals surface area contributed by atoms with Crippen LogP contribution in [0.3, 0.4) is 0 Å². The van der Waals surface area contributed by atoms with Crippen molar-refractivity contribution < 1.29 is 33.3 Å². The summed E-state index contributed by atoms with van der Waals surface area (Å²) in [7, 11) is 0. The number of carbonyl (C=O) groups is 2. The highest BCUT2D eigenvalue weighted by Gasteiger charge is 2.27. The first-order valence-corrected chi connectivity index (χ1v) is 7.51. The highest BCUT2D eigenvalue weighted by Crippen LogP contribution is 2.23. The van der Waals surface area contributed by atoms with Gasteiger partial charge in [-0.1, -0.05) is 0 Å². The van der Waals surface area contributed by atoms with Gasteiger partial charge in [0.05, 0.1) is 25.4 Å². The van der Waals surface area contributed by atoms with E-state index in [1.54, 1.807) is 6.92 Å². The topological polar surface area (TPSA) is 86.9 Å². The molecule has 0 N–H and O–H groups in total. The number of hydrogen-bond acceptors (Lipinski definition) is 7. The number of hydrogen-bond donors (Lipinski definition) is 0. The van der Waals surface area contributed by atoms with Crippen LogP contribution in [0.5, 0.6) is 5.75 Å². The number of benzene rings is 1. The summed E-state index contributed by atoms with van der Waals surface area (Å²) < 4.78 is 25.7. The lowest BCUT2D eigenvalue weighted by Gasteiger charge is -2.11. The summed E-state index contributed by atoms with van der Waals surface area (Å²) in [6.45, 7) is 3.83. The predicted octanol–water partition coefficient (Wildman–Crippen LogP) is 1.20. The Morgan fingerprint density at radius 1 is 1.09 bits per heavy atom. The second-order valence-electron chi connectivity index (χ2n) is 5.25. The van der Waals surface area contributed by atoms with Gasteiger partial charge in [0.1, 0.15) is 36.7 Å². The molecule has 3 rings (SSSR count). The van der Waals surface area contributed by atoms with Crippen molar-refractivity contribution in [3.05, 3.63) is 29.3 Å². The summed E-state index contributed by atoms with van der Waals surface area (Å²) in [5, 5.41) is 0. The lowest BCUT2D eigenvalue weighted by Crippen LogP contribution is -2.14. The predicted molar refractivity (Wildman–Crippen MR) is 77.7 cm³/mol. The van der Waals surface area contributed by atoms with E-state index in [-0.39, 0.29) is 31.0 Å². The Morgan fingerprint density at radius 2 is 1.70 bits per heavy atom. The maximum atomic E-state index is 12.1. The molecule has 7 heteroatoms. The van der Waals surface area contributed by atoms with E-state index >= 15 is 0 Å². The van der Waals surface area contributed by atoms with Crippen molar-refractivity contribution in [2.24, 2.45) is 0 Å². The highest BCUT2D eigenvalue weighted by atomic mass is 16.6. The number of rotatable bonds is 8. The Morgan fingerprint density at radius 3 is 2.26 bits per heavy atom. The molecule has 1 aromatic rings. The van der Waals surface area contributed by atoms with E-state index in [1.807, 2.05) is 0 Å². The molecular weight excluding hydrogens is 304 g/mol. The van der Waals surface area contributed by atoms with Crippen LogP contribution in [0.25, 0.3) is 0 Å². The molecule has 2 unspecified atom stereocenters. The maximum Gasteiger partial charge on any atom is 0.342 e. The third-order valence-corrected chi connectivity index (χ3v) is 3.34. The quantitative estimate of drug-likeness (QED) is 0.525. The van der Waals surface area contributed by atoms with Gasteiger partial charge in [0.2, 0.25) is 0 Å². The van der Waals surface area contributed by atoms with Crippen LogP contribution in [0.1, 0.15) is 27.6 Å². The standard InChI is InChI=1S/C16H18O7/c1-2-19-14-5-10(15(17)22-8-11-6-20-11)3-4-13(14)16(18)23-9-12-7-21-12/h3-5,11-12H,2,6-9H2,1H3. The molecule has 0 amide bonds. The van der Waals surface area contributed by atoms with Gasteiger partial charge in [-0.2, -0.15) is 0 Å². The first-order chi connectivity index (χ1) is 11.2. The summed E-state index contributed by atoms with van der Waals surface area (Å²) >= 11 is 0. The zero-order valence-electron chi connectivity index (χ0n) is 12.8. The molecule has 1 aromatic carbocycles. The van der Waals surface area contributed by atoms with E-state index in [9.17, 15) is 9.59 Å². The largest absolute Gasteiger partial charge is 0.493 e. The summed E-state index contributed by atoms with van der Waals surface area (Å²) in [5.74, 6) is -0.686. The minimum Gasteiger partial charge on any atom is -0.493 e. The minimum absolute atomic E-state index is 0.00389. The lowest BCUT2D eigenvalue weighted by atomic mass is 10.1. The molecule has 0 saturated carbocycles. The molecule has 7 nitrogen and oxygen atoms in total. The van der Waals surface area contributed by atoms with Gasteiger partial charge >= 0.3 is 11.9 Å². The molecular formula is C16H18O7. The van der Waals surface area contributed by atoms with E-state index < -0.39 is 11.9 Å². The van der Waals surface area contributed by atoms with Crippen LogP contribution in [0.2, 0.25) is 0 Å². The number of epoxide rings is 2. The van der Waals surface area contributed by atoms with Gasteiger partial charge in [0, 0.05) is 0 Å². The second-order valence-corrected chi connectivity index (χ2v) is 5.25. The van der Waals surface area contributed by atoms with Crippen LogP contribution in [0, 0.1) is 0 Å². The van der Waals surface area contributed by atoms with Gasteiger partial charge in [-0.05, 0) is 25.1 Å². The fourth-order valence-electron chi connectivity index (χ4n) is 1.92. The normalized spacial score (nSPS) is 21.4. The van der Waals surface area contributed by atoms with E-state index in [0.717, 1.165) is 0 Å². The van der Waals surface area contributed by atoms with Crippen molar-refractivity contribution in [1.29, 1.82) is 0 Å². The number of ether oxygens (including phenoxy) is 5. The Bertz CT molecular complexity index is 590. The molecule has 0 bridgehead atoms. The highest BCUT2D eigenvalue weighted by molar-refractivity contribution is 5.96. The Hall–Kier alpha value is -2.12. The van der Waals surface area contributed by atoms with Crippen LogP contribution in [0.4, 0.5) is 0 Å². The van der Waals surface area contributed by atoms with Crippen molar-refractivity contribution >= 4 is 11.9 Å². The van der Waals surface area contributed by atoms with Crippen LogP contribution in [-0.2, 0) is 18.9 Å². The van der Waals surface area contributed by atoms with Gasteiger partial charge in [0.15, 0.2) is 0 Å². The van der Waals surface area contributed by atoms with Crippen molar-refractivity contribution in [3.63, 3.8) is 0 Å². The van der Waals surface area contributed by atoms with Gasteiger partial charge in [0.25, 0.3) is 0 Å². The van der Waals surface area contributed by atoms with Gasteiger partial charge in [-0.25, -0.2) is 9.59 Å². The SMILES string of the molecule is CCOc1cc(C(=O)OCC2CO2)ccc1C(=O)OCC1CO1. The molecule has 2 heterocycles. The summed E-state index contributed by atoms with van der Waals surface area (Å²) in [6, 6.07) is 4.51. The Kier molecular flexibility index (Phi) is 4.78. The first kappa shape index (κ1) is 15.8. The van der Waals surface area contributed by atoms with Crippen LogP contribution in [-0.4, -0.2) is 57.2 Å². The second kappa shape index (κ2) is 6.97. The Labute approximate surface area is 133 Å². The van der Waals surface area contributed by atoms with E-state index in [0.29, 0.717) is 31.1 Å². The monoisotopic (exact) mass is 322 g/mol. The third-order valence-electron chi connectivity index (χ3n) is 3.34. The lowest BCUT2D eigenvalue weighted by molar-refractivity contribution is 0.0459. The molecule has 23 heavy (non-hydrogen) atoms. The summed E-state index contributed by atoms with van der Waals surface area (Å²) in [5.41, 5.74) is 0.589. The molecule has 2 aliphatic rings. The first-order valence-electron chi connectivity index (χ1n) is 7.51. The van der Waals surface area contributed by atoms with Gasteiger partial charge in [-0.3, -0.25) is 0 Å². The van der Waals surface area contributed by atoms with E-state index in [2.05, 4.69) is 0 Å². The molecule has 124 valence electrons. The zero-order chi connectivity index (χ0) is 16.2. The molecule has 0 spiro atoms.